The minimum atomic E-state index is 0.153. The molecule has 1 saturated heterocycles. The maximum Gasteiger partial charge on any atom is 0.219 e. The van der Waals surface area contributed by atoms with Gasteiger partial charge in [0.2, 0.25) is 5.91 Å². The lowest BCUT2D eigenvalue weighted by molar-refractivity contribution is -0.134. The third kappa shape index (κ3) is 3.81. The smallest absolute Gasteiger partial charge is 0.219 e. The van der Waals surface area contributed by atoms with Crippen LogP contribution in [0, 0.1) is 11.8 Å². The van der Waals surface area contributed by atoms with Gasteiger partial charge >= 0.3 is 0 Å². The Morgan fingerprint density at radius 3 is 2.64 bits per heavy atom. The Kier molecular flexibility index (Phi) is 5.03. The predicted octanol–water partition coefficient (Wildman–Crippen LogP) is 4.43. The Hall–Kier alpha value is -2.03. The quantitative estimate of drug-likeness (QED) is 0.825. The molecule has 3 nitrogen and oxygen atoms in total. The van der Waals surface area contributed by atoms with E-state index in [4.69, 9.17) is 0 Å². The van der Waals surface area contributed by atoms with Crippen LogP contribution < -0.4 is 0 Å². The number of hydrogen-bond donors (Lipinski definition) is 1. The zero-order chi connectivity index (χ0) is 18.1. The molecule has 1 fully saturated rings. The maximum absolute atomic E-state index is 11.3. The normalized spacial score (nSPS) is 23.8. The molecule has 3 heteroatoms. The molecule has 3 rings (SSSR count). The van der Waals surface area contributed by atoms with Gasteiger partial charge in [0, 0.05) is 31.5 Å². The van der Waals surface area contributed by atoms with Crippen LogP contribution in [0.5, 0.6) is 5.75 Å². The molecule has 0 saturated carbocycles. The van der Waals surface area contributed by atoms with Crippen LogP contribution in [-0.2, 0) is 11.2 Å². The summed E-state index contributed by atoms with van der Waals surface area (Å²) < 4.78 is 0. The largest absolute Gasteiger partial charge is 0.508 e. The first-order chi connectivity index (χ1) is 11.8. The molecule has 1 aliphatic heterocycles. The van der Waals surface area contributed by atoms with E-state index in [0.717, 1.165) is 43.5 Å². The Bertz CT molecular complexity index is 713. The van der Waals surface area contributed by atoms with Gasteiger partial charge in [-0.25, -0.2) is 0 Å². The molecule has 2 atom stereocenters. The Morgan fingerprint density at radius 1 is 1.32 bits per heavy atom. The first-order valence-electron chi connectivity index (χ1n) is 9.25. The number of phenolic OH excluding ortho intramolecular Hbond substituents is 1. The van der Waals surface area contributed by atoms with Crippen molar-refractivity contribution in [2.24, 2.45) is 11.8 Å². The number of carbonyl (C=O) groups excluding carboxylic acids is 1. The van der Waals surface area contributed by atoms with Crippen LogP contribution in [0.15, 0.2) is 42.0 Å². The van der Waals surface area contributed by atoms with Crippen molar-refractivity contribution < 1.29 is 9.90 Å². The lowest BCUT2D eigenvalue weighted by Gasteiger charge is -2.39. The highest BCUT2D eigenvalue weighted by Gasteiger charge is 2.30. The van der Waals surface area contributed by atoms with E-state index < -0.39 is 0 Å². The lowest BCUT2D eigenvalue weighted by atomic mass is 9.74. The summed E-state index contributed by atoms with van der Waals surface area (Å²) in [6.07, 6.45) is 5.43. The van der Waals surface area contributed by atoms with Gasteiger partial charge in [0.05, 0.1) is 0 Å². The molecule has 0 spiro atoms. The van der Waals surface area contributed by atoms with Gasteiger partial charge < -0.3 is 10.0 Å². The number of phenols is 1. The van der Waals surface area contributed by atoms with Crippen LogP contribution >= 0.6 is 0 Å². The molecule has 1 amide bonds. The number of amides is 1. The lowest BCUT2D eigenvalue weighted by Crippen LogP contribution is -2.49. The fraction of sp³-hybridized carbons (Fsp3) is 0.500. The molecule has 1 heterocycles. The van der Waals surface area contributed by atoms with E-state index >= 15 is 0 Å². The van der Waals surface area contributed by atoms with Gasteiger partial charge in [0.25, 0.3) is 0 Å². The molecule has 1 aromatic carbocycles. The SMILES string of the molecule is C=C(C)C1CCC(C)=CC1c1ccc(CC2CN(C(C)=O)C2)cc1O. The Labute approximate surface area is 151 Å². The average Bonchev–Trinajstić information content (AvgIpc) is 2.49. The van der Waals surface area contributed by atoms with Crippen molar-refractivity contribution in [2.75, 3.05) is 13.1 Å². The van der Waals surface area contributed by atoms with Gasteiger partial charge in [0.15, 0.2) is 0 Å². The zero-order valence-electron chi connectivity index (χ0n) is 15.6. The summed E-state index contributed by atoms with van der Waals surface area (Å²) in [5.74, 6) is 1.67. The highest BCUT2D eigenvalue weighted by molar-refractivity contribution is 5.74. The minimum Gasteiger partial charge on any atom is -0.508 e. The summed E-state index contributed by atoms with van der Waals surface area (Å²) in [4.78, 5) is 13.2. The summed E-state index contributed by atoms with van der Waals surface area (Å²) in [6.45, 7) is 11.7. The van der Waals surface area contributed by atoms with Crippen molar-refractivity contribution in [2.45, 2.75) is 46.0 Å². The van der Waals surface area contributed by atoms with Crippen LogP contribution in [0.1, 0.15) is 50.7 Å². The second-order valence-electron chi connectivity index (χ2n) is 7.92. The molecule has 2 unspecified atom stereocenters. The van der Waals surface area contributed by atoms with Gasteiger partial charge in [0.1, 0.15) is 5.75 Å². The van der Waals surface area contributed by atoms with Gasteiger partial charge in [-0.1, -0.05) is 35.9 Å². The summed E-state index contributed by atoms with van der Waals surface area (Å²) in [7, 11) is 0. The number of carbonyl (C=O) groups is 1. The van der Waals surface area contributed by atoms with Crippen LogP contribution in [0.25, 0.3) is 0 Å². The van der Waals surface area contributed by atoms with E-state index in [9.17, 15) is 9.90 Å². The van der Waals surface area contributed by atoms with E-state index in [1.807, 2.05) is 11.0 Å². The van der Waals surface area contributed by atoms with E-state index in [0.29, 0.717) is 17.6 Å². The first-order valence-corrected chi connectivity index (χ1v) is 9.25. The Balaban J connectivity index is 1.74. The second kappa shape index (κ2) is 7.07. The molecular formula is C22H29NO2. The number of allylic oxidation sites excluding steroid dienone is 3. The molecule has 1 aliphatic carbocycles. The standard InChI is InChI=1S/C22H29NO2/c1-14(2)19-7-5-15(3)9-21(19)20-8-6-17(11-22(20)25)10-18-12-23(13-18)16(4)24/h6,8-9,11,18-19,21,25H,1,5,7,10,12-13H2,2-4H3. The molecule has 0 radical (unpaired) electrons. The molecule has 0 aromatic heterocycles. The number of nitrogens with zero attached hydrogens (tertiary/aromatic N) is 1. The molecule has 2 aliphatic rings. The highest BCUT2D eigenvalue weighted by atomic mass is 16.3. The third-order valence-corrected chi connectivity index (χ3v) is 5.76. The van der Waals surface area contributed by atoms with Crippen molar-refractivity contribution in [3.05, 3.63) is 53.1 Å². The summed E-state index contributed by atoms with van der Waals surface area (Å²) >= 11 is 0. The number of hydrogen-bond acceptors (Lipinski definition) is 2. The maximum atomic E-state index is 11.3. The number of rotatable bonds is 4. The summed E-state index contributed by atoms with van der Waals surface area (Å²) in [5, 5.41) is 10.6. The van der Waals surface area contributed by atoms with Crippen molar-refractivity contribution in [1.29, 1.82) is 0 Å². The predicted molar refractivity (Wildman–Crippen MR) is 102 cm³/mol. The van der Waals surface area contributed by atoms with Crippen LogP contribution in [-0.4, -0.2) is 29.0 Å². The first kappa shape index (κ1) is 17.8. The zero-order valence-corrected chi connectivity index (χ0v) is 15.6. The number of benzene rings is 1. The van der Waals surface area contributed by atoms with Crippen molar-refractivity contribution >= 4 is 5.91 Å². The van der Waals surface area contributed by atoms with Gasteiger partial charge in [-0.15, -0.1) is 0 Å². The molecule has 1 N–H and O–H groups in total. The van der Waals surface area contributed by atoms with Gasteiger partial charge in [-0.05, 0) is 56.6 Å². The van der Waals surface area contributed by atoms with Gasteiger partial charge in [-0.2, -0.15) is 0 Å². The second-order valence-corrected chi connectivity index (χ2v) is 7.92. The molecule has 25 heavy (non-hydrogen) atoms. The van der Waals surface area contributed by atoms with Gasteiger partial charge in [-0.3, -0.25) is 4.79 Å². The van der Waals surface area contributed by atoms with E-state index in [-0.39, 0.29) is 11.8 Å². The summed E-state index contributed by atoms with van der Waals surface area (Å²) in [6, 6.07) is 6.14. The molecule has 134 valence electrons. The van der Waals surface area contributed by atoms with E-state index in [1.54, 1.807) is 6.92 Å². The third-order valence-electron chi connectivity index (χ3n) is 5.76. The molecule has 0 bridgehead atoms. The highest BCUT2D eigenvalue weighted by Crippen LogP contribution is 2.42. The fourth-order valence-corrected chi connectivity index (χ4v) is 4.22. The van der Waals surface area contributed by atoms with Crippen molar-refractivity contribution in [1.82, 2.24) is 4.90 Å². The molecule has 1 aromatic rings. The number of likely N-dealkylation sites (tertiary alicyclic amines) is 1. The van der Waals surface area contributed by atoms with Crippen LogP contribution in [0.3, 0.4) is 0 Å². The topological polar surface area (TPSA) is 40.5 Å². The molecular weight excluding hydrogens is 310 g/mol. The Morgan fingerprint density at radius 2 is 2.04 bits per heavy atom. The summed E-state index contributed by atoms with van der Waals surface area (Å²) in [5.41, 5.74) is 4.74. The fourth-order valence-electron chi connectivity index (χ4n) is 4.22. The van der Waals surface area contributed by atoms with E-state index in [2.05, 4.69) is 38.6 Å². The average molecular weight is 339 g/mol. The van der Waals surface area contributed by atoms with Crippen molar-refractivity contribution in [3.63, 3.8) is 0 Å². The monoisotopic (exact) mass is 339 g/mol. The van der Waals surface area contributed by atoms with Crippen LogP contribution in [0.2, 0.25) is 0 Å². The van der Waals surface area contributed by atoms with Crippen LogP contribution in [0.4, 0.5) is 0 Å². The van der Waals surface area contributed by atoms with E-state index in [1.165, 1.54) is 11.1 Å². The number of aromatic hydroxyl groups is 1. The van der Waals surface area contributed by atoms with Crippen molar-refractivity contribution in [3.8, 4) is 5.75 Å². The minimum absolute atomic E-state index is 0.153.